The van der Waals surface area contributed by atoms with Crippen LogP contribution < -0.4 is 16.4 Å². The van der Waals surface area contributed by atoms with E-state index in [0.717, 1.165) is 0 Å². The number of aromatic nitrogens is 1. The number of pyridine rings is 1. The predicted octanol–water partition coefficient (Wildman–Crippen LogP) is 0.300. The second kappa shape index (κ2) is 6.43. The molecule has 5 N–H and O–H groups in total. The maximum Gasteiger partial charge on any atom is 0.337 e. The summed E-state index contributed by atoms with van der Waals surface area (Å²) in [5.74, 6) is -0.766. The lowest BCUT2D eigenvalue weighted by molar-refractivity contribution is -0.120. The molecule has 0 radical (unpaired) electrons. The van der Waals surface area contributed by atoms with Gasteiger partial charge in [0.15, 0.2) is 0 Å². The molecule has 1 rings (SSSR count). The molecule has 1 heterocycles. The van der Waals surface area contributed by atoms with Gasteiger partial charge in [-0.1, -0.05) is 0 Å². The zero-order valence-electron chi connectivity index (χ0n) is 10.1. The van der Waals surface area contributed by atoms with E-state index >= 15 is 0 Å². The number of rotatable bonds is 6. The maximum atomic E-state index is 11.2. The first-order valence-electron chi connectivity index (χ1n) is 5.54. The molecule has 0 fully saturated rings. The van der Waals surface area contributed by atoms with Crippen molar-refractivity contribution >= 4 is 23.4 Å². The van der Waals surface area contributed by atoms with Crippen molar-refractivity contribution in [1.29, 1.82) is 0 Å². The number of carbonyl (C=O) groups excluding carboxylic acids is 1. The maximum absolute atomic E-state index is 11.2. The fraction of sp³-hybridized carbons (Fsp3) is 0.364. The van der Waals surface area contributed by atoms with Gasteiger partial charge >= 0.3 is 5.97 Å². The highest BCUT2D eigenvalue weighted by Gasteiger charge is 2.07. The summed E-state index contributed by atoms with van der Waals surface area (Å²) >= 11 is 0. The molecule has 0 bridgehead atoms. The van der Waals surface area contributed by atoms with Crippen molar-refractivity contribution in [3.05, 3.63) is 17.8 Å². The molecular weight excluding hydrogens is 236 g/mol. The second-order valence-corrected chi connectivity index (χ2v) is 3.60. The fourth-order valence-electron chi connectivity index (χ4n) is 1.33. The van der Waals surface area contributed by atoms with Gasteiger partial charge in [0.1, 0.15) is 5.82 Å². The lowest BCUT2D eigenvalue weighted by Gasteiger charge is -2.08. The van der Waals surface area contributed by atoms with E-state index in [1.54, 1.807) is 0 Å². The molecule has 1 amide bonds. The molecule has 0 unspecified atom stereocenters. The fourth-order valence-corrected chi connectivity index (χ4v) is 1.33. The number of carbonyl (C=O) groups is 2. The molecule has 98 valence electrons. The van der Waals surface area contributed by atoms with Gasteiger partial charge in [-0.05, 0) is 13.0 Å². The number of carboxylic acid groups (broad SMARTS) is 1. The molecular formula is C11H16N4O3. The first-order valence-corrected chi connectivity index (χ1v) is 5.54. The van der Waals surface area contributed by atoms with E-state index in [2.05, 4.69) is 15.6 Å². The van der Waals surface area contributed by atoms with Crippen molar-refractivity contribution in [2.24, 2.45) is 0 Å². The van der Waals surface area contributed by atoms with Crippen molar-refractivity contribution in [3.63, 3.8) is 0 Å². The van der Waals surface area contributed by atoms with Crippen molar-refractivity contribution in [2.45, 2.75) is 13.3 Å². The number of anilines is 2. The van der Waals surface area contributed by atoms with Crippen LogP contribution in [0.25, 0.3) is 0 Å². The Labute approximate surface area is 104 Å². The summed E-state index contributed by atoms with van der Waals surface area (Å²) in [6.45, 7) is 2.82. The van der Waals surface area contributed by atoms with Crippen LogP contribution in [0.15, 0.2) is 12.3 Å². The van der Waals surface area contributed by atoms with Gasteiger partial charge < -0.3 is 21.5 Å². The molecule has 0 atom stereocenters. The first kappa shape index (κ1) is 13.8. The third-order valence-electron chi connectivity index (χ3n) is 2.18. The van der Waals surface area contributed by atoms with Crippen molar-refractivity contribution in [3.8, 4) is 0 Å². The van der Waals surface area contributed by atoms with E-state index in [1.165, 1.54) is 12.3 Å². The molecule has 7 heteroatoms. The minimum absolute atomic E-state index is 0.0294. The number of aromatic carboxylic acids is 1. The smallest absolute Gasteiger partial charge is 0.337 e. The zero-order valence-corrected chi connectivity index (χ0v) is 10.1. The van der Waals surface area contributed by atoms with Crippen LogP contribution in [0.1, 0.15) is 23.7 Å². The van der Waals surface area contributed by atoms with Gasteiger partial charge in [-0.15, -0.1) is 0 Å². The van der Waals surface area contributed by atoms with Gasteiger partial charge in [0.05, 0.1) is 11.3 Å². The lowest BCUT2D eigenvalue weighted by atomic mass is 10.2. The Hall–Kier alpha value is -2.31. The van der Waals surface area contributed by atoms with Crippen LogP contribution in [0.5, 0.6) is 0 Å². The number of nitrogen functional groups attached to an aromatic ring is 1. The molecule has 18 heavy (non-hydrogen) atoms. The highest BCUT2D eigenvalue weighted by Crippen LogP contribution is 2.16. The number of nitrogens with one attached hydrogen (secondary N) is 2. The van der Waals surface area contributed by atoms with Crippen LogP contribution in [0, 0.1) is 0 Å². The highest BCUT2D eigenvalue weighted by molar-refractivity contribution is 5.89. The number of nitrogens with zero attached hydrogens (tertiary/aromatic N) is 1. The van der Waals surface area contributed by atoms with Crippen LogP contribution >= 0.6 is 0 Å². The summed E-state index contributed by atoms with van der Waals surface area (Å²) in [4.78, 5) is 25.7. The average molecular weight is 252 g/mol. The van der Waals surface area contributed by atoms with E-state index in [9.17, 15) is 9.59 Å². The van der Waals surface area contributed by atoms with E-state index in [4.69, 9.17) is 10.8 Å². The Bertz CT molecular complexity index is 448. The normalized spacial score (nSPS) is 9.83. The minimum Gasteiger partial charge on any atom is -0.478 e. The second-order valence-electron chi connectivity index (χ2n) is 3.60. The monoisotopic (exact) mass is 252 g/mol. The standard InChI is InChI=1S/C11H16N4O3/c1-2-13-9(16)3-4-14-10-8(12)5-7(6-15-10)11(17)18/h5-6H,2-4,12H2,1H3,(H,13,16)(H,14,15)(H,17,18). The third kappa shape index (κ3) is 3.93. The minimum atomic E-state index is -1.08. The van der Waals surface area contributed by atoms with Gasteiger partial charge in [0, 0.05) is 25.7 Å². The Morgan fingerprint density at radius 2 is 2.22 bits per heavy atom. The van der Waals surface area contributed by atoms with Crippen molar-refractivity contribution in [2.75, 3.05) is 24.1 Å². The van der Waals surface area contributed by atoms with Crippen LogP contribution in [-0.2, 0) is 4.79 Å². The van der Waals surface area contributed by atoms with E-state index < -0.39 is 5.97 Å². The third-order valence-corrected chi connectivity index (χ3v) is 2.18. The highest BCUT2D eigenvalue weighted by atomic mass is 16.4. The molecule has 1 aromatic rings. The van der Waals surface area contributed by atoms with Crippen molar-refractivity contribution in [1.82, 2.24) is 10.3 Å². The summed E-state index contributed by atoms with van der Waals surface area (Å²) in [6.07, 6.45) is 1.52. The van der Waals surface area contributed by atoms with Crippen molar-refractivity contribution < 1.29 is 14.7 Å². The van der Waals surface area contributed by atoms with Gasteiger partial charge in [-0.25, -0.2) is 9.78 Å². The number of hydrogen-bond acceptors (Lipinski definition) is 5. The van der Waals surface area contributed by atoms with Gasteiger partial charge in [-0.2, -0.15) is 0 Å². The average Bonchev–Trinajstić information content (AvgIpc) is 2.31. The predicted molar refractivity (Wildman–Crippen MR) is 67.4 cm³/mol. The van der Waals surface area contributed by atoms with Gasteiger partial charge in [0.2, 0.25) is 5.91 Å². The summed E-state index contributed by atoms with van der Waals surface area (Å²) in [5, 5.41) is 14.3. The zero-order chi connectivity index (χ0) is 13.5. The Morgan fingerprint density at radius 1 is 1.50 bits per heavy atom. The van der Waals surface area contributed by atoms with Gasteiger partial charge in [0.25, 0.3) is 0 Å². The number of carboxylic acids is 1. The molecule has 0 saturated carbocycles. The van der Waals surface area contributed by atoms with Crippen LogP contribution in [0.4, 0.5) is 11.5 Å². The lowest BCUT2D eigenvalue weighted by Crippen LogP contribution is -2.25. The largest absolute Gasteiger partial charge is 0.478 e. The molecule has 0 aromatic carbocycles. The van der Waals surface area contributed by atoms with E-state index in [0.29, 0.717) is 25.3 Å². The molecule has 0 saturated heterocycles. The molecule has 7 nitrogen and oxygen atoms in total. The van der Waals surface area contributed by atoms with Gasteiger partial charge in [-0.3, -0.25) is 4.79 Å². The topological polar surface area (TPSA) is 117 Å². The van der Waals surface area contributed by atoms with Crippen LogP contribution in [-0.4, -0.2) is 35.1 Å². The molecule has 1 aromatic heterocycles. The summed E-state index contributed by atoms with van der Waals surface area (Å²) in [6, 6.07) is 1.32. The Kier molecular flexibility index (Phi) is 4.91. The van der Waals surface area contributed by atoms with E-state index in [-0.39, 0.29) is 17.2 Å². The van der Waals surface area contributed by atoms with E-state index in [1.807, 2.05) is 6.92 Å². The number of nitrogens with two attached hydrogens (primary N) is 1. The summed E-state index contributed by atoms with van der Waals surface area (Å²) < 4.78 is 0. The van der Waals surface area contributed by atoms with Crippen LogP contribution in [0.2, 0.25) is 0 Å². The number of hydrogen-bond donors (Lipinski definition) is 4. The molecule has 0 aliphatic rings. The molecule has 0 aliphatic carbocycles. The molecule has 0 aliphatic heterocycles. The summed E-state index contributed by atoms with van der Waals surface area (Å²) in [7, 11) is 0. The van der Waals surface area contributed by atoms with Crippen LogP contribution in [0.3, 0.4) is 0 Å². The SMILES string of the molecule is CCNC(=O)CCNc1ncc(C(=O)O)cc1N. The molecule has 0 spiro atoms. The Balaban J connectivity index is 2.53. The quantitative estimate of drug-likeness (QED) is 0.578. The summed E-state index contributed by atoms with van der Waals surface area (Å²) in [5.41, 5.74) is 5.92. The Morgan fingerprint density at radius 3 is 2.78 bits per heavy atom. The first-order chi connectivity index (χ1) is 8.54. The number of amides is 1.